The van der Waals surface area contributed by atoms with E-state index in [-0.39, 0.29) is 5.56 Å². The minimum atomic E-state index is 0.0413. The minimum absolute atomic E-state index is 0.0413. The van der Waals surface area contributed by atoms with E-state index >= 15 is 0 Å². The van der Waals surface area contributed by atoms with Crippen LogP contribution in [0.25, 0.3) is 4.96 Å². The van der Waals surface area contributed by atoms with E-state index in [9.17, 15) is 4.79 Å². The highest BCUT2D eigenvalue weighted by Crippen LogP contribution is 2.21. The lowest BCUT2D eigenvalue weighted by Gasteiger charge is -2.34. The van der Waals surface area contributed by atoms with E-state index in [1.54, 1.807) is 22.1 Å². The van der Waals surface area contributed by atoms with E-state index in [4.69, 9.17) is 0 Å². The van der Waals surface area contributed by atoms with Crippen molar-refractivity contribution in [3.8, 4) is 0 Å². The summed E-state index contributed by atoms with van der Waals surface area (Å²) in [6, 6.07) is 1.79. The number of thiazole rings is 1. The minimum Gasteiger partial charge on any atom is -0.299 e. The molecule has 2 aliphatic heterocycles. The van der Waals surface area contributed by atoms with Crippen LogP contribution in [0.2, 0.25) is 0 Å². The molecule has 0 unspecified atom stereocenters. The predicted molar refractivity (Wildman–Crippen MR) is 113 cm³/mol. The smallest absolute Gasteiger partial charge is 0.267 e. The molecule has 1 saturated heterocycles. The van der Waals surface area contributed by atoms with Gasteiger partial charge in [-0.1, -0.05) is 0 Å². The second kappa shape index (κ2) is 7.98. The standard InChI is InChI=1S/C19H24N6OS2/c26-18-11-15-14-27-9-1-17(15)21-25(18)7-6-22-2-4-23(5-3-22)12-16-13-24-8-10-28-19(24)20-16/h8,10-11,13H,1-7,9,12,14H2. The second-order valence-electron chi connectivity index (χ2n) is 7.42. The van der Waals surface area contributed by atoms with Crippen LogP contribution < -0.4 is 5.56 Å². The number of piperazine rings is 1. The van der Waals surface area contributed by atoms with Gasteiger partial charge in [0, 0.05) is 75.3 Å². The summed E-state index contributed by atoms with van der Waals surface area (Å²) < 4.78 is 3.76. The van der Waals surface area contributed by atoms with Gasteiger partial charge in [0.1, 0.15) is 0 Å². The van der Waals surface area contributed by atoms with Crippen molar-refractivity contribution in [3.63, 3.8) is 0 Å². The summed E-state index contributed by atoms with van der Waals surface area (Å²) >= 11 is 3.56. The normalized spacial score (nSPS) is 18.6. The van der Waals surface area contributed by atoms with Crippen molar-refractivity contribution < 1.29 is 0 Å². The first kappa shape index (κ1) is 18.4. The van der Waals surface area contributed by atoms with Crippen LogP contribution in [0.15, 0.2) is 28.6 Å². The summed E-state index contributed by atoms with van der Waals surface area (Å²) in [5.41, 5.74) is 3.43. The molecule has 0 radical (unpaired) electrons. The Morgan fingerprint density at radius 1 is 1.11 bits per heavy atom. The molecule has 3 aromatic rings. The Kier molecular flexibility index (Phi) is 5.23. The molecule has 5 rings (SSSR count). The van der Waals surface area contributed by atoms with E-state index in [2.05, 4.69) is 42.1 Å². The molecule has 1 fully saturated rings. The number of hydrogen-bond donors (Lipinski definition) is 0. The lowest BCUT2D eigenvalue weighted by Crippen LogP contribution is -2.47. The Bertz CT molecular complexity index is 989. The van der Waals surface area contributed by atoms with Crippen LogP contribution in [-0.4, -0.2) is 67.4 Å². The van der Waals surface area contributed by atoms with E-state index in [0.29, 0.717) is 6.54 Å². The Morgan fingerprint density at radius 2 is 1.96 bits per heavy atom. The zero-order valence-corrected chi connectivity index (χ0v) is 17.4. The average molecular weight is 417 g/mol. The maximum Gasteiger partial charge on any atom is 0.267 e. The molecule has 0 aromatic carbocycles. The molecule has 3 aromatic heterocycles. The largest absolute Gasteiger partial charge is 0.299 e. The molecule has 148 valence electrons. The summed E-state index contributed by atoms with van der Waals surface area (Å²) in [6.45, 7) is 6.60. The fourth-order valence-electron chi connectivity index (χ4n) is 3.90. The first-order valence-corrected chi connectivity index (χ1v) is 11.8. The second-order valence-corrected chi connectivity index (χ2v) is 9.40. The number of hydrogen-bond acceptors (Lipinski definition) is 7. The maximum atomic E-state index is 12.3. The predicted octanol–water partition coefficient (Wildman–Crippen LogP) is 1.56. The molecule has 7 nitrogen and oxygen atoms in total. The van der Waals surface area contributed by atoms with Gasteiger partial charge in [0.25, 0.3) is 5.56 Å². The van der Waals surface area contributed by atoms with Gasteiger partial charge in [-0.05, 0) is 11.3 Å². The zero-order chi connectivity index (χ0) is 18.9. The van der Waals surface area contributed by atoms with E-state index < -0.39 is 0 Å². The average Bonchev–Trinajstić information content (AvgIpc) is 3.29. The third-order valence-corrected chi connectivity index (χ3v) is 7.31. The monoisotopic (exact) mass is 416 g/mol. The number of imidazole rings is 1. The summed E-state index contributed by atoms with van der Waals surface area (Å²) in [6.07, 6.45) is 5.17. The van der Waals surface area contributed by atoms with Gasteiger partial charge >= 0.3 is 0 Å². The first-order valence-electron chi connectivity index (χ1n) is 9.78. The molecule has 0 bridgehead atoms. The van der Waals surface area contributed by atoms with Crippen LogP contribution in [-0.2, 0) is 25.3 Å². The van der Waals surface area contributed by atoms with Gasteiger partial charge in [0.05, 0.1) is 17.9 Å². The third kappa shape index (κ3) is 3.89. The molecule has 0 spiro atoms. The Balaban J connectivity index is 1.13. The molecular weight excluding hydrogens is 392 g/mol. The van der Waals surface area contributed by atoms with Crippen molar-refractivity contribution >= 4 is 28.1 Å². The molecule has 2 aliphatic rings. The van der Waals surface area contributed by atoms with Gasteiger partial charge in [0.2, 0.25) is 0 Å². The number of nitrogens with zero attached hydrogens (tertiary/aromatic N) is 6. The van der Waals surface area contributed by atoms with Gasteiger partial charge < -0.3 is 0 Å². The van der Waals surface area contributed by atoms with Crippen molar-refractivity contribution in [1.29, 1.82) is 0 Å². The maximum absolute atomic E-state index is 12.3. The highest BCUT2D eigenvalue weighted by atomic mass is 32.2. The number of thioether (sulfide) groups is 1. The topological polar surface area (TPSA) is 58.7 Å². The molecule has 0 atom stereocenters. The molecule has 0 N–H and O–H groups in total. The quantitative estimate of drug-likeness (QED) is 0.629. The zero-order valence-electron chi connectivity index (χ0n) is 15.8. The number of fused-ring (bicyclic) bond motifs is 2. The van der Waals surface area contributed by atoms with E-state index in [1.807, 2.05) is 11.8 Å². The molecule has 0 amide bonds. The summed E-state index contributed by atoms with van der Waals surface area (Å²) in [7, 11) is 0. The lowest BCUT2D eigenvalue weighted by atomic mass is 10.2. The van der Waals surface area contributed by atoms with Crippen LogP contribution in [0, 0.1) is 0 Å². The first-order chi connectivity index (χ1) is 13.7. The summed E-state index contributed by atoms with van der Waals surface area (Å²) in [5.74, 6) is 2.03. The Morgan fingerprint density at radius 3 is 2.82 bits per heavy atom. The van der Waals surface area contributed by atoms with Crippen LogP contribution >= 0.6 is 23.1 Å². The molecule has 28 heavy (non-hydrogen) atoms. The van der Waals surface area contributed by atoms with Gasteiger partial charge in [-0.25, -0.2) is 9.67 Å². The Labute approximate surface area is 172 Å². The van der Waals surface area contributed by atoms with Gasteiger partial charge in [-0.3, -0.25) is 19.0 Å². The highest BCUT2D eigenvalue weighted by Gasteiger charge is 2.19. The lowest BCUT2D eigenvalue weighted by molar-refractivity contribution is 0.122. The molecule has 0 aliphatic carbocycles. The van der Waals surface area contributed by atoms with Crippen LogP contribution in [0.3, 0.4) is 0 Å². The highest BCUT2D eigenvalue weighted by molar-refractivity contribution is 7.98. The van der Waals surface area contributed by atoms with Gasteiger partial charge in [-0.2, -0.15) is 16.9 Å². The number of aromatic nitrogens is 4. The Hall–Kier alpha value is -1.68. The van der Waals surface area contributed by atoms with Crippen molar-refractivity contribution in [2.75, 3.05) is 38.5 Å². The van der Waals surface area contributed by atoms with Crippen molar-refractivity contribution in [1.82, 2.24) is 29.0 Å². The number of aryl methyl sites for hydroxylation is 1. The fraction of sp³-hybridized carbons (Fsp3) is 0.526. The van der Waals surface area contributed by atoms with Crippen LogP contribution in [0.4, 0.5) is 0 Å². The van der Waals surface area contributed by atoms with Gasteiger partial charge in [-0.15, -0.1) is 11.3 Å². The van der Waals surface area contributed by atoms with Gasteiger partial charge in [0.15, 0.2) is 4.96 Å². The molecule has 0 saturated carbocycles. The van der Waals surface area contributed by atoms with E-state index in [1.165, 1.54) is 0 Å². The SMILES string of the molecule is O=c1cc2c(nn1CCN1CCN(Cc3cn4ccsc4n3)CC1)CCSC2. The fourth-order valence-corrected chi connectivity index (χ4v) is 5.57. The summed E-state index contributed by atoms with van der Waals surface area (Å²) in [5, 5.41) is 6.69. The third-order valence-electron chi connectivity index (χ3n) is 5.53. The summed E-state index contributed by atoms with van der Waals surface area (Å²) in [4.78, 5) is 23.0. The van der Waals surface area contributed by atoms with Crippen molar-refractivity contribution in [3.05, 3.63) is 51.1 Å². The van der Waals surface area contributed by atoms with Crippen LogP contribution in [0.5, 0.6) is 0 Å². The van der Waals surface area contributed by atoms with Crippen molar-refractivity contribution in [2.24, 2.45) is 0 Å². The molecular formula is C19H24N6OS2. The molecule has 9 heteroatoms. The van der Waals surface area contributed by atoms with Crippen molar-refractivity contribution in [2.45, 2.75) is 25.3 Å². The van der Waals surface area contributed by atoms with E-state index in [0.717, 1.165) is 79.1 Å². The van der Waals surface area contributed by atoms with Crippen LogP contribution in [0.1, 0.15) is 17.0 Å². The number of rotatable bonds is 5. The molecule has 5 heterocycles.